The van der Waals surface area contributed by atoms with Crippen molar-refractivity contribution in [2.75, 3.05) is 0 Å². The minimum Gasteiger partial charge on any atom is -0.442 e. The Kier molecular flexibility index (Phi) is 5.47. The Morgan fingerprint density at radius 2 is 2.04 bits per heavy atom. The van der Waals surface area contributed by atoms with Gasteiger partial charge in [-0.1, -0.05) is 38.0 Å². The van der Waals surface area contributed by atoms with Gasteiger partial charge in [-0.25, -0.2) is 9.48 Å². The third-order valence-corrected chi connectivity index (χ3v) is 3.50. The van der Waals surface area contributed by atoms with E-state index in [1.807, 2.05) is 6.07 Å². The van der Waals surface area contributed by atoms with Crippen molar-refractivity contribution in [3.8, 4) is 6.07 Å². The lowest BCUT2D eigenvalue weighted by Gasteiger charge is -2.11. The van der Waals surface area contributed by atoms with Crippen molar-refractivity contribution in [1.29, 1.82) is 5.26 Å². The van der Waals surface area contributed by atoms with Crippen molar-refractivity contribution in [3.63, 3.8) is 0 Å². The first-order chi connectivity index (χ1) is 11.1. The number of carbonyl (C=O) groups is 1. The molecule has 0 unspecified atom stereocenters. The minimum absolute atomic E-state index is 0.0683. The summed E-state index contributed by atoms with van der Waals surface area (Å²) in [5, 5.41) is 13.8. The second-order valence-electron chi connectivity index (χ2n) is 5.31. The lowest BCUT2D eigenvalue weighted by molar-refractivity contribution is 0.0428. The fraction of sp³-hybridized carbons (Fsp3) is 0.412. The quantitative estimate of drug-likeness (QED) is 0.604. The third kappa shape index (κ3) is 3.75. The number of rotatable bonds is 6. The van der Waals surface area contributed by atoms with E-state index in [-0.39, 0.29) is 11.3 Å². The Hall–Kier alpha value is -2.68. The molecule has 23 heavy (non-hydrogen) atoms. The van der Waals surface area contributed by atoms with Gasteiger partial charge in [-0.2, -0.15) is 10.4 Å². The summed E-state index contributed by atoms with van der Waals surface area (Å²) in [4.78, 5) is 24.7. The van der Waals surface area contributed by atoms with Gasteiger partial charge in [0.25, 0.3) is 5.56 Å². The topological polar surface area (TPSA) is 85.0 Å². The monoisotopic (exact) mass is 313 g/mol. The summed E-state index contributed by atoms with van der Waals surface area (Å²) >= 11 is 0. The molecule has 1 heterocycles. The molecule has 2 rings (SSSR count). The fourth-order valence-electron chi connectivity index (χ4n) is 2.29. The first kappa shape index (κ1) is 16.7. The predicted octanol–water partition coefficient (Wildman–Crippen LogP) is 2.66. The summed E-state index contributed by atoms with van der Waals surface area (Å²) in [7, 11) is 0. The standard InChI is InChI=1S/C17H19N3O3/c1-3-4-7-10-20-16(21)14-9-6-5-8-13(14)15(19-20)17(22)23-12(2)11-18/h5-6,8-9,12H,3-4,7,10H2,1-2H3/t12-/m1/s1. The number of unbranched alkanes of at least 4 members (excludes halogenated alkanes) is 2. The molecule has 1 atom stereocenters. The zero-order valence-corrected chi connectivity index (χ0v) is 13.3. The van der Waals surface area contributed by atoms with Gasteiger partial charge in [-0.15, -0.1) is 0 Å². The third-order valence-electron chi connectivity index (χ3n) is 3.50. The highest BCUT2D eigenvalue weighted by Crippen LogP contribution is 2.15. The van der Waals surface area contributed by atoms with Crippen LogP contribution in [0.15, 0.2) is 29.1 Å². The van der Waals surface area contributed by atoms with Crippen LogP contribution in [0.2, 0.25) is 0 Å². The summed E-state index contributed by atoms with van der Waals surface area (Å²) < 4.78 is 6.35. The largest absolute Gasteiger partial charge is 0.442 e. The number of hydrogen-bond donors (Lipinski definition) is 0. The second-order valence-corrected chi connectivity index (χ2v) is 5.31. The molecular weight excluding hydrogens is 294 g/mol. The average molecular weight is 313 g/mol. The Morgan fingerprint density at radius 1 is 1.35 bits per heavy atom. The van der Waals surface area contributed by atoms with Crippen LogP contribution in [0.3, 0.4) is 0 Å². The Labute approximate surface area is 134 Å². The number of fused-ring (bicyclic) bond motifs is 1. The number of esters is 1. The highest BCUT2D eigenvalue weighted by atomic mass is 16.5. The molecule has 0 amide bonds. The van der Waals surface area contributed by atoms with Gasteiger partial charge in [-0.3, -0.25) is 4.79 Å². The van der Waals surface area contributed by atoms with Crippen molar-refractivity contribution in [1.82, 2.24) is 9.78 Å². The lowest BCUT2D eigenvalue weighted by atomic mass is 10.1. The first-order valence-corrected chi connectivity index (χ1v) is 7.69. The Morgan fingerprint density at radius 3 is 2.70 bits per heavy atom. The number of benzene rings is 1. The van der Waals surface area contributed by atoms with Crippen LogP contribution < -0.4 is 5.56 Å². The second kappa shape index (κ2) is 7.54. The number of ether oxygens (including phenoxy) is 1. The Bertz CT molecular complexity index is 805. The van der Waals surface area contributed by atoms with Crippen LogP contribution >= 0.6 is 0 Å². The number of hydrogen-bond acceptors (Lipinski definition) is 5. The highest BCUT2D eigenvalue weighted by Gasteiger charge is 2.19. The molecule has 0 saturated heterocycles. The van der Waals surface area contributed by atoms with E-state index in [1.165, 1.54) is 11.6 Å². The van der Waals surface area contributed by atoms with Crippen molar-refractivity contribution >= 4 is 16.7 Å². The van der Waals surface area contributed by atoms with Crippen LogP contribution in [-0.4, -0.2) is 21.9 Å². The number of carbonyl (C=O) groups excluding carboxylic acids is 1. The smallest absolute Gasteiger partial charge is 0.360 e. The molecular formula is C17H19N3O3. The molecule has 0 aliphatic rings. The molecule has 0 N–H and O–H groups in total. The molecule has 0 bridgehead atoms. The van der Waals surface area contributed by atoms with Gasteiger partial charge in [-0.05, 0) is 19.4 Å². The molecule has 0 spiro atoms. The molecule has 0 aliphatic heterocycles. The Balaban J connectivity index is 2.50. The van der Waals surface area contributed by atoms with Gasteiger partial charge in [0.15, 0.2) is 11.8 Å². The van der Waals surface area contributed by atoms with Crippen LogP contribution in [0.1, 0.15) is 43.6 Å². The van der Waals surface area contributed by atoms with E-state index >= 15 is 0 Å². The molecule has 0 aliphatic carbocycles. The maximum Gasteiger partial charge on any atom is 0.360 e. The van der Waals surface area contributed by atoms with Crippen molar-refractivity contribution in [2.24, 2.45) is 0 Å². The zero-order chi connectivity index (χ0) is 16.8. The summed E-state index contributed by atoms with van der Waals surface area (Å²) in [6.07, 6.45) is 1.94. The van der Waals surface area contributed by atoms with E-state index in [1.54, 1.807) is 24.3 Å². The van der Waals surface area contributed by atoms with Gasteiger partial charge in [0, 0.05) is 11.9 Å². The van der Waals surface area contributed by atoms with E-state index in [4.69, 9.17) is 10.00 Å². The summed E-state index contributed by atoms with van der Waals surface area (Å²) in [6.45, 7) is 4.01. The average Bonchev–Trinajstić information content (AvgIpc) is 2.57. The summed E-state index contributed by atoms with van der Waals surface area (Å²) in [6, 6.07) is 8.64. The number of aromatic nitrogens is 2. The molecule has 0 fully saturated rings. The summed E-state index contributed by atoms with van der Waals surface area (Å²) in [5.74, 6) is -0.695. The van der Waals surface area contributed by atoms with Crippen LogP contribution in [0.4, 0.5) is 0 Å². The van der Waals surface area contributed by atoms with Gasteiger partial charge in [0.2, 0.25) is 0 Å². The molecule has 6 nitrogen and oxygen atoms in total. The molecule has 0 saturated carbocycles. The van der Waals surface area contributed by atoms with E-state index in [2.05, 4.69) is 12.0 Å². The van der Waals surface area contributed by atoms with Gasteiger partial charge in [0.05, 0.1) is 5.39 Å². The lowest BCUT2D eigenvalue weighted by Crippen LogP contribution is -2.27. The summed E-state index contributed by atoms with van der Waals surface area (Å²) in [5.41, 5.74) is -0.152. The molecule has 120 valence electrons. The van der Waals surface area contributed by atoms with E-state index in [0.717, 1.165) is 19.3 Å². The molecule has 0 radical (unpaired) electrons. The highest BCUT2D eigenvalue weighted by molar-refractivity contribution is 6.02. The SMILES string of the molecule is CCCCCn1nc(C(=O)O[C@H](C)C#N)c2ccccc2c1=O. The van der Waals surface area contributed by atoms with Crippen LogP contribution in [0, 0.1) is 11.3 Å². The van der Waals surface area contributed by atoms with Crippen molar-refractivity contribution < 1.29 is 9.53 Å². The van der Waals surface area contributed by atoms with Crippen molar-refractivity contribution in [3.05, 3.63) is 40.3 Å². The maximum absolute atomic E-state index is 12.5. The normalized spacial score (nSPS) is 11.9. The van der Waals surface area contributed by atoms with Gasteiger partial charge < -0.3 is 4.74 Å². The molecule has 1 aromatic heterocycles. The van der Waals surface area contributed by atoms with Crippen molar-refractivity contribution in [2.45, 2.75) is 45.8 Å². The molecule has 2 aromatic rings. The van der Waals surface area contributed by atoms with E-state index in [9.17, 15) is 9.59 Å². The zero-order valence-electron chi connectivity index (χ0n) is 13.3. The van der Waals surface area contributed by atoms with Gasteiger partial charge in [0.1, 0.15) is 6.07 Å². The maximum atomic E-state index is 12.5. The van der Waals surface area contributed by atoms with E-state index < -0.39 is 12.1 Å². The number of nitriles is 1. The molecule has 6 heteroatoms. The number of aryl methyl sites for hydroxylation is 1. The fourth-order valence-corrected chi connectivity index (χ4v) is 2.29. The van der Waals surface area contributed by atoms with E-state index in [0.29, 0.717) is 17.3 Å². The van der Waals surface area contributed by atoms with Gasteiger partial charge >= 0.3 is 5.97 Å². The first-order valence-electron chi connectivity index (χ1n) is 7.69. The van der Waals surface area contributed by atoms with Crippen LogP contribution in [0.25, 0.3) is 10.8 Å². The molecule has 1 aromatic carbocycles. The predicted molar refractivity (Wildman–Crippen MR) is 86.0 cm³/mol. The van der Waals surface area contributed by atoms with Crippen LogP contribution in [0.5, 0.6) is 0 Å². The number of nitrogens with zero attached hydrogens (tertiary/aromatic N) is 3. The minimum atomic E-state index is -0.872. The van der Waals surface area contributed by atoms with Crippen LogP contribution in [-0.2, 0) is 11.3 Å².